The summed E-state index contributed by atoms with van der Waals surface area (Å²) in [6.45, 7) is 4.24. The zero-order valence-electron chi connectivity index (χ0n) is 19.1. The number of nitrogens with zero attached hydrogens (tertiary/aromatic N) is 2. The Hall–Kier alpha value is -2.94. The summed E-state index contributed by atoms with van der Waals surface area (Å²) >= 11 is 1.46. The van der Waals surface area contributed by atoms with Crippen LogP contribution in [0.3, 0.4) is 0 Å². The summed E-state index contributed by atoms with van der Waals surface area (Å²) in [6, 6.07) is 11.1. The Morgan fingerprint density at radius 3 is 2.38 bits per heavy atom. The summed E-state index contributed by atoms with van der Waals surface area (Å²) in [5.41, 5.74) is 1.50. The van der Waals surface area contributed by atoms with Gasteiger partial charge in [-0.2, -0.15) is 13.2 Å². The van der Waals surface area contributed by atoms with Gasteiger partial charge in [0.05, 0.1) is 11.1 Å². The summed E-state index contributed by atoms with van der Waals surface area (Å²) in [4.78, 5) is 15.9. The highest BCUT2D eigenvalue weighted by atomic mass is 32.2. The minimum Gasteiger partial charge on any atom is -0.478 e. The largest absolute Gasteiger partial charge is 0.478 e. The number of carboxylic acids is 1. The Labute approximate surface area is 200 Å². The molecule has 0 radical (unpaired) electrons. The Morgan fingerprint density at radius 2 is 1.82 bits per heavy atom. The SMILES string of the molecule is CCSC1C(C(=O)O)=C(C)C=C(N(C)Cc2ccc(C(F)(F)F)cc2)N1Cc1cccc(F)c1. The van der Waals surface area contributed by atoms with E-state index in [4.69, 9.17) is 0 Å². The van der Waals surface area contributed by atoms with E-state index in [9.17, 15) is 27.5 Å². The lowest BCUT2D eigenvalue weighted by Gasteiger charge is -2.42. The van der Waals surface area contributed by atoms with E-state index >= 15 is 0 Å². The lowest BCUT2D eigenvalue weighted by molar-refractivity contribution is -0.137. The highest BCUT2D eigenvalue weighted by Crippen LogP contribution is 2.36. The van der Waals surface area contributed by atoms with Gasteiger partial charge in [-0.3, -0.25) is 0 Å². The third-order valence-corrected chi connectivity index (χ3v) is 6.62. The molecule has 0 aliphatic carbocycles. The summed E-state index contributed by atoms with van der Waals surface area (Å²) in [5, 5.41) is 9.38. The van der Waals surface area contributed by atoms with Crippen molar-refractivity contribution in [1.82, 2.24) is 9.80 Å². The van der Waals surface area contributed by atoms with Gasteiger partial charge in [-0.1, -0.05) is 31.2 Å². The number of aliphatic carboxylic acids is 1. The topological polar surface area (TPSA) is 43.8 Å². The Bertz CT molecular complexity index is 1100. The molecule has 4 nitrogen and oxygen atoms in total. The Balaban J connectivity index is 1.97. The van der Waals surface area contributed by atoms with E-state index in [-0.39, 0.29) is 17.9 Å². The molecule has 0 bridgehead atoms. The summed E-state index contributed by atoms with van der Waals surface area (Å²) < 4.78 is 52.6. The second-order valence-corrected chi connectivity index (χ2v) is 9.38. The summed E-state index contributed by atoms with van der Waals surface area (Å²) in [5.74, 6) is -0.0430. The lowest BCUT2D eigenvalue weighted by atomic mass is 10.0. The maximum absolute atomic E-state index is 13.9. The van der Waals surface area contributed by atoms with Crippen LogP contribution >= 0.6 is 11.8 Å². The van der Waals surface area contributed by atoms with Crippen molar-refractivity contribution in [2.75, 3.05) is 12.8 Å². The van der Waals surface area contributed by atoms with Crippen LogP contribution in [-0.4, -0.2) is 39.1 Å². The highest BCUT2D eigenvalue weighted by Gasteiger charge is 2.35. The molecule has 1 aliphatic heterocycles. The predicted molar refractivity (Wildman–Crippen MR) is 125 cm³/mol. The lowest BCUT2D eigenvalue weighted by Crippen LogP contribution is -2.43. The molecule has 3 rings (SSSR count). The smallest absolute Gasteiger partial charge is 0.416 e. The first-order chi connectivity index (χ1) is 16.0. The fraction of sp³-hybridized carbons (Fsp3) is 0.320. The van der Waals surface area contributed by atoms with Crippen molar-refractivity contribution < 1.29 is 27.5 Å². The van der Waals surface area contributed by atoms with E-state index < -0.39 is 23.1 Å². The fourth-order valence-corrected chi connectivity index (χ4v) is 5.04. The van der Waals surface area contributed by atoms with Crippen LogP contribution in [0.2, 0.25) is 0 Å². The van der Waals surface area contributed by atoms with E-state index in [0.29, 0.717) is 34.8 Å². The van der Waals surface area contributed by atoms with Gasteiger partial charge in [0.25, 0.3) is 0 Å². The minimum atomic E-state index is -4.40. The van der Waals surface area contributed by atoms with Gasteiger partial charge in [0.15, 0.2) is 0 Å². The molecule has 1 aliphatic rings. The van der Waals surface area contributed by atoms with Crippen LogP contribution in [0.1, 0.15) is 30.5 Å². The zero-order chi connectivity index (χ0) is 25.0. The van der Waals surface area contributed by atoms with Crippen LogP contribution in [0.4, 0.5) is 17.6 Å². The van der Waals surface area contributed by atoms with Gasteiger partial charge in [0.2, 0.25) is 0 Å². The van der Waals surface area contributed by atoms with E-state index in [1.807, 2.05) is 16.7 Å². The van der Waals surface area contributed by atoms with Crippen molar-refractivity contribution in [2.45, 2.75) is 38.5 Å². The Morgan fingerprint density at radius 1 is 1.15 bits per heavy atom. The second-order valence-electron chi connectivity index (χ2n) is 8.02. The number of hydrogen-bond acceptors (Lipinski definition) is 4. The molecule has 9 heteroatoms. The molecule has 2 aromatic carbocycles. The average molecular weight is 495 g/mol. The van der Waals surface area contributed by atoms with Crippen molar-refractivity contribution in [2.24, 2.45) is 0 Å². The van der Waals surface area contributed by atoms with Gasteiger partial charge >= 0.3 is 12.1 Å². The molecule has 34 heavy (non-hydrogen) atoms. The van der Waals surface area contributed by atoms with E-state index in [1.165, 1.54) is 36.0 Å². The highest BCUT2D eigenvalue weighted by molar-refractivity contribution is 8.00. The molecule has 1 heterocycles. The number of alkyl halides is 3. The average Bonchev–Trinajstić information content (AvgIpc) is 2.75. The minimum absolute atomic E-state index is 0.259. The first kappa shape index (κ1) is 25.7. The number of allylic oxidation sites excluding steroid dienone is 2. The van der Waals surface area contributed by atoms with Crippen LogP contribution in [0.5, 0.6) is 0 Å². The number of carboxylic acid groups (broad SMARTS) is 1. The molecule has 0 saturated heterocycles. The third-order valence-electron chi connectivity index (χ3n) is 5.48. The molecule has 1 N–H and O–H groups in total. The number of carbonyl (C=O) groups is 1. The van der Waals surface area contributed by atoms with Crippen LogP contribution in [0.15, 0.2) is 71.6 Å². The van der Waals surface area contributed by atoms with Gasteiger partial charge in [-0.05, 0) is 59.7 Å². The molecule has 1 unspecified atom stereocenters. The monoisotopic (exact) mass is 494 g/mol. The Kier molecular flexibility index (Phi) is 7.97. The first-order valence-electron chi connectivity index (χ1n) is 10.7. The van der Waals surface area contributed by atoms with Crippen molar-refractivity contribution in [3.05, 3.63) is 94.1 Å². The first-order valence-corrected chi connectivity index (χ1v) is 11.7. The number of benzene rings is 2. The van der Waals surface area contributed by atoms with Gasteiger partial charge < -0.3 is 14.9 Å². The van der Waals surface area contributed by atoms with Crippen molar-refractivity contribution in [3.8, 4) is 0 Å². The number of hydrogen-bond donors (Lipinski definition) is 1. The van der Waals surface area contributed by atoms with Gasteiger partial charge in [-0.15, -0.1) is 11.8 Å². The second kappa shape index (κ2) is 10.5. The van der Waals surface area contributed by atoms with Gasteiger partial charge in [0, 0.05) is 20.1 Å². The maximum Gasteiger partial charge on any atom is 0.416 e. The molecule has 1 atom stereocenters. The molecule has 0 fully saturated rings. The van der Waals surface area contributed by atoms with Crippen LogP contribution in [0.25, 0.3) is 0 Å². The molecule has 0 spiro atoms. The molecule has 2 aromatic rings. The number of halogens is 4. The number of thioether (sulfide) groups is 1. The van der Waals surface area contributed by atoms with E-state index in [2.05, 4.69) is 0 Å². The predicted octanol–water partition coefficient (Wildman–Crippen LogP) is 6.11. The van der Waals surface area contributed by atoms with Crippen LogP contribution in [-0.2, 0) is 24.1 Å². The maximum atomic E-state index is 13.9. The van der Waals surface area contributed by atoms with Crippen LogP contribution < -0.4 is 0 Å². The molecular weight excluding hydrogens is 468 g/mol. The van der Waals surface area contributed by atoms with E-state index in [0.717, 1.165) is 12.1 Å². The standard InChI is InChI=1S/C25H26F4N2O2S/c1-4-34-23-22(24(32)33)16(2)12-21(31(23)15-18-6-5-7-20(26)13-18)30(3)14-17-8-10-19(11-9-17)25(27,28)29/h5-13,23H,4,14-15H2,1-3H3,(H,32,33). The molecule has 0 saturated carbocycles. The van der Waals surface area contributed by atoms with Crippen molar-refractivity contribution in [3.63, 3.8) is 0 Å². The third kappa shape index (κ3) is 5.94. The van der Waals surface area contributed by atoms with Gasteiger partial charge in [-0.25, -0.2) is 9.18 Å². The van der Waals surface area contributed by atoms with Crippen LogP contribution in [0, 0.1) is 5.82 Å². The molecule has 0 aromatic heterocycles. The molecule has 182 valence electrons. The van der Waals surface area contributed by atoms with Crippen molar-refractivity contribution in [1.29, 1.82) is 0 Å². The summed E-state index contributed by atoms with van der Waals surface area (Å²) in [6.07, 6.45) is -2.64. The quantitative estimate of drug-likeness (QED) is 0.449. The summed E-state index contributed by atoms with van der Waals surface area (Å²) in [7, 11) is 1.80. The van der Waals surface area contributed by atoms with E-state index in [1.54, 1.807) is 32.2 Å². The number of rotatable bonds is 8. The van der Waals surface area contributed by atoms with Crippen molar-refractivity contribution >= 4 is 17.7 Å². The molecular formula is C25H26F4N2O2S. The van der Waals surface area contributed by atoms with Gasteiger partial charge in [0.1, 0.15) is 17.0 Å². The zero-order valence-corrected chi connectivity index (χ0v) is 19.9. The molecule has 0 amide bonds. The fourth-order valence-electron chi connectivity index (χ4n) is 3.91. The normalized spacial score (nSPS) is 16.5.